The Hall–Kier alpha value is -2.30. The fraction of sp³-hybridized carbons (Fsp3) is 0.375. The number of hydrogen-bond donors (Lipinski definition) is 1. The molecule has 5 nitrogen and oxygen atoms in total. The summed E-state index contributed by atoms with van der Waals surface area (Å²) in [6, 6.07) is 3.39. The van der Waals surface area contributed by atoms with Crippen LogP contribution in [0.25, 0.3) is 5.76 Å². The Kier molecular flexibility index (Phi) is 5.52. The molecule has 114 valence electrons. The maximum Gasteiger partial charge on any atom is 0.378 e. The van der Waals surface area contributed by atoms with E-state index in [2.05, 4.69) is 4.74 Å². The SMILES string of the molecule is COC(=O)C(=O)C=C(O)c1cc(C)c(OC(C)C)c(C)c1. The van der Waals surface area contributed by atoms with Crippen LogP contribution in [-0.2, 0) is 14.3 Å². The topological polar surface area (TPSA) is 72.8 Å². The van der Waals surface area contributed by atoms with Gasteiger partial charge in [0.2, 0.25) is 0 Å². The minimum absolute atomic E-state index is 0.0401. The maximum atomic E-state index is 11.4. The van der Waals surface area contributed by atoms with E-state index in [-0.39, 0.29) is 11.9 Å². The first-order valence-electron chi connectivity index (χ1n) is 6.57. The minimum Gasteiger partial charge on any atom is -0.507 e. The third-order valence-corrected chi connectivity index (χ3v) is 2.76. The highest BCUT2D eigenvalue weighted by Gasteiger charge is 2.15. The molecule has 0 saturated heterocycles. The van der Waals surface area contributed by atoms with Crippen molar-refractivity contribution in [2.45, 2.75) is 33.8 Å². The van der Waals surface area contributed by atoms with E-state index in [0.29, 0.717) is 5.56 Å². The van der Waals surface area contributed by atoms with Gasteiger partial charge in [0, 0.05) is 11.6 Å². The zero-order chi connectivity index (χ0) is 16.2. The summed E-state index contributed by atoms with van der Waals surface area (Å²) < 4.78 is 10.00. The van der Waals surface area contributed by atoms with Crippen molar-refractivity contribution in [3.63, 3.8) is 0 Å². The molecule has 1 aromatic rings. The van der Waals surface area contributed by atoms with Crippen LogP contribution in [0.5, 0.6) is 5.75 Å². The molecule has 1 aromatic carbocycles. The number of rotatable bonds is 5. The summed E-state index contributed by atoms with van der Waals surface area (Å²) in [6.45, 7) is 7.56. The second-order valence-corrected chi connectivity index (χ2v) is 4.99. The molecule has 0 fully saturated rings. The van der Waals surface area contributed by atoms with E-state index >= 15 is 0 Å². The molecule has 0 saturated carbocycles. The number of carbonyl (C=O) groups excluding carboxylic acids is 2. The van der Waals surface area contributed by atoms with E-state index in [1.807, 2.05) is 27.7 Å². The number of ketones is 1. The van der Waals surface area contributed by atoms with Crippen molar-refractivity contribution in [1.29, 1.82) is 0 Å². The molecule has 21 heavy (non-hydrogen) atoms. The third-order valence-electron chi connectivity index (χ3n) is 2.76. The summed E-state index contributed by atoms with van der Waals surface area (Å²) in [4.78, 5) is 22.4. The summed E-state index contributed by atoms with van der Waals surface area (Å²) in [6.07, 6.45) is 0.890. The largest absolute Gasteiger partial charge is 0.507 e. The third kappa shape index (κ3) is 4.34. The van der Waals surface area contributed by atoms with Crippen LogP contribution in [0.4, 0.5) is 0 Å². The molecule has 0 unspecified atom stereocenters. The van der Waals surface area contributed by atoms with Crippen molar-refractivity contribution in [2.24, 2.45) is 0 Å². The van der Waals surface area contributed by atoms with Gasteiger partial charge < -0.3 is 14.6 Å². The molecule has 0 radical (unpaired) electrons. The van der Waals surface area contributed by atoms with Crippen molar-refractivity contribution in [3.8, 4) is 5.75 Å². The molecule has 1 N–H and O–H groups in total. The molecule has 0 heterocycles. The van der Waals surface area contributed by atoms with Gasteiger partial charge in [-0.25, -0.2) is 4.79 Å². The van der Waals surface area contributed by atoms with Gasteiger partial charge in [0.1, 0.15) is 11.5 Å². The van der Waals surface area contributed by atoms with Crippen molar-refractivity contribution in [2.75, 3.05) is 7.11 Å². The summed E-state index contributed by atoms with van der Waals surface area (Å²) >= 11 is 0. The lowest BCUT2D eigenvalue weighted by atomic mass is 10.0. The predicted octanol–water partition coefficient (Wildman–Crippen LogP) is 2.73. The smallest absolute Gasteiger partial charge is 0.378 e. The van der Waals surface area contributed by atoms with Crippen LogP contribution in [0.3, 0.4) is 0 Å². The normalized spacial score (nSPS) is 11.4. The van der Waals surface area contributed by atoms with Crippen LogP contribution < -0.4 is 4.74 Å². The summed E-state index contributed by atoms with van der Waals surface area (Å²) in [5.41, 5.74) is 2.12. The molecular weight excluding hydrogens is 272 g/mol. The number of benzene rings is 1. The highest BCUT2D eigenvalue weighted by atomic mass is 16.5. The molecule has 1 rings (SSSR count). The number of ether oxygens (including phenoxy) is 2. The maximum absolute atomic E-state index is 11.4. The lowest BCUT2D eigenvalue weighted by Crippen LogP contribution is -2.13. The van der Waals surface area contributed by atoms with Gasteiger partial charge in [0.15, 0.2) is 0 Å². The Labute approximate surface area is 124 Å². The molecule has 0 aliphatic heterocycles. The standard InChI is InChI=1S/C16H20O5/c1-9(2)21-15-10(3)6-12(7-11(15)4)13(17)8-14(18)16(19)20-5/h6-9,17H,1-5H3. The quantitative estimate of drug-likeness (QED) is 0.391. The van der Waals surface area contributed by atoms with Crippen molar-refractivity contribution >= 4 is 17.5 Å². The van der Waals surface area contributed by atoms with Gasteiger partial charge in [-0.3, -0.25) is 4.79 Å². The molecule has 0 aliphatic carbocycles. The Morgan fingerprint density at radius 1 is 1.19 bits per heavy atom. The van der Waals surface area contributed by atoms with Crippen LogP contribution in [-0.4, -0.2) is 30.1 Å². The number of carbonyl (C=O) groups is 2. The fourth-order valence-electron chi connectivity index (χ4n) is 1.89. The Morgan fingerprint density at radius 3 is 2.14 bits per heavy atom. The van der Waals surface area contributed by atoms with Gasteiger partial charge in [0.05, 0.1) is 13.2 Å². The Morgan fingerprint density at radius 2 is 1.71 bits per heavy atom. The predicted molar refractivity (Wildman–Crippen MR) is 79.3 cm³/mol. The number of aliphatic hydroxyl groups is 1. The van der Waals surface area contributed by atoms with Gasteiger partial charge in [-0.15, -0.1) is 0 Å². The minimum atomic E-state index is -1.02. The van der Waals surface area contributed by atoms with Gasteiger partial charge in [0.25, 0.3) is 5.78 Å². The first-order chi connectivity index (χ1) is 9.76. The lowest BCUT2D eigenvalue weighted by Gasteiger charge is -2.16. The van der Waals surface area contributed by atoms with Gasteiger partial charge in [-0.1, -0.05) is 0 Å². The molecule has 0 aliphatic rings. The van der Waals surface area contributed by atoms with Gasteiger partial charge >= 0.3 is 5.97 Å². The van der Waals surface area contributed by atoms with Crippen LogP contribution in [0.15, 0.2) is 18.2 Å². The Bertz CT molecular complexity index is 561. The first-order valence-corrected chi connectivity index (χ1v) is 6.57. The average molecular weight is 292 g/mol. The summed E-state index contributed by atoms with van der Waals surface area (Å²) in [5, 5.41) is 9.95. The van der Waals surface area contributed by atoms with E-state index in [1.54, 1.807) is 12.1 Å². The van der Waals surface area contributed by atoms with E-state index < -0.39 is 11.8 Å². The second kappa shape index (κ2) is 6.92. The molecule has 0 atom stereocenters. The van der Waals surface area contributed by atoms with Gasteiger partial charge in [-0.2, -0.15) is 0 Å². The van der Waals surface area contributed by atoms with Crippen molar-refractivity contribution in [1.82, 2.24) is 0 Å². The summed E-state index contributed by atoms with van der Waals surface area (Å²) in [5.74, 6) is -1.46. The van der Waals surface area contributed by atoms with Crippen LogP contribution in [0.1, 0.15) is 30.5 Å². The lowest BCUT2D eigenvalue weighted by molar-refractivity contribution is -0.149. The number of esters is 1. The molecule has 0 aromatic heterocycles. The van der Waals surface area contributed by atoms with Crippen molar-refractivity contribution < 1.29 is 24.2 Å². The monoisotopic (exact) mass is 292 g/mol. The van der Waals surface area contributed by atoms with Gasteiger partial charge in [-0.05, 0) is 51.0 Å². The Balaban J connectivity index is 3.13. The molecule has 0 bridgehead atoms. The van der Waals surface area contributed by atoms with E-state index in [4.69, 9.17) is 4.74 Å². The second-order valence-electron chi connectivity index (χ2n) is 4.99. The number of hydrogen-bond acceptors (Lipinski definition) is 5. The highest BCUT2D eigenvalue weighted by Crippen LogP contribution is 2.28. The van der Waals surface area contributed by atoms with E-state index in [0.717, 1.165) is 30.1 Å². The zero-order valence-electron chi connectivity index (χ0n) is 12.9. The zero-order valence-corrected chi connectivity index (χ0v) is 12.9. The fourth-order valence-corrected chi connectivity index (χ4v) is 1.89. The van der Waals surface area contributed by atoms with Crippen LogP contribution in [0.2, 0.25) is 0 Å². The molecule has 0 spiro atoms. The van der Waals surface area contributed by atoms with Crippen LogP contribution >= 0.6 is 0 Å². The van der Waals surface area contributed by atoms with E-state index in [9.17, 15) is 14.7 Å². The molecular formula is C16H20O5. The molecule has 5 heteroatoms. The summed E-state index contributed by atoms with van der Waals surface area (Å²) in [7, 11) is 1.11. The number of methoxy groups -OCH3 is 1. The number of aliphatic hydroxyl groups excluding tert-OH is 1. The number of aryl methyl sites for hydroxylation is 2. The average Bonchev–Trinajstić information content (AvgIpc) is 2.41. The van der Waals surface area contributed by atoms with Crippen molar-refractivity contribution in [3.05, 3.63) is 34.9 Å². The van der Waals surface area contributed by atoms with Crippen LogP contribution in [0, 0.1) is 13.8 Å². The first kappa shape index (κ1) is 16.8. The van der Waals surface area contributed by atoms with E-state index in [1.165, 1.54) is 0 Å². The molecule has 0 amide bonds. The highest BCUT2D eigenvalue weighted by molar-refractivity contribution is 6.39.